The van der Waals surface area contributed by atoms with Crippen molar-refractivity contribution >= 4 is 33.1 Å². The molecule has 0 bridgehead atoms. The highest BCUT2D eigenvalue weighted by Gasteiger charge is 2.26. The van der Waals surface area contributed by atoms with Gasteiger partial charge in [0.2, 0.25) is 15.8 Å². The number of ether oxygens (including phenoxy) is 1. The molecule has 0 spiro atoms. The van der Waals surface area contributed by atoms with Crippen molar-refractivity contribution in [3.8, 4) is 0 Å². The number of rotatable bonds is 6. The maximum Gasteiger partial charge on any atom is 0.338 e. The van der Waals surface area contributed by atoms with Gasteiger partial charge in [-0.1, -0.05) is 6.42 Å². The molecule has 6 nitrogen and oxygen atoms in total. The molecule has 1 aliphatic heterocycles. The summed E-state index contributed by atoms with van der Waals surface area (Å²) in [5.41, 5.74) is 0.211. The molecule has 3 rings (SSSR count). The van der Waals surface area contributed by atoms with Gasteiger partial charge in [0, 0.05) is 18.0 Å². The number of benzene rings is 1. The number of sulfonamides is 1. The van der Waals surface area contributed by atoms with E-state index < -0.39 is 16.0 Å². The van der Waals surface area contributed by atoms with E-state index in [1.54, 1.807) is 6.07 Å². The van der Waals surface area contributed by atoms with E-state index in [4.69, 9.17) is 4.74 Å². The molecular formula is C19H21NO5S2. The summed E-state index contributed by atoms with van der Waals surface area (Å²) in [7, 11) is -3.54. The number of hydrogen-bond donors (Lipinski definition) is 0. The molecule has 0 saturated carbocycles. The van der Waals surface area contributed by atoms with Gasteiger partial charge >= 0.3 is 5.97 Å². The normalized spacial score (nSPS) is 15.4. The van der Waals surface area contributed by atoms with Gasteiger partial charge in [-0.3, -0.25) is 4.79 Å². The van der Waals surface area contributed by atoms with E-state index in [0.29, 0.717) is 18.0 Å². The molecule has 1 saturated heterocycles. The van der Waals surface area contributed by atoms with Crippen molar-refractivity contribution in [1.82, 2.24) is 4.31 Å². The minimum atomic E-state index is -3.54. The molecule has 144 valence electrons. The Morgan fingerprint density at radius 3 is 2.30 bits per heavy atom. The molecule has 1 aromatic carbocycles. The van der Waals surface area contributed by atoms with Crippen molar-refractivity contribution in [2.75, 3.05) is 19.7 Å². The maximum atomic E-state index is 12.6. The van der Waals surface area contributed by atoms with Gasteiger partial charge < -0.3 is 4.74 Å². The average molecular weight is 408 g/mol. The van der Waals surface area contributed by atoms with Gasteiger partial charge in [-0.15, -0.1) is 11.3 Å². The number of Topliss-reactive ketones (excluding diaryl/α,β-unsaturated/α-hetero) is 1. The molecule has 0 aliphatic carbocycles. The molecule has 0 unspecified atom stereocenters. The third-order valence-corrected chi connectivity index (χ3v) is 7.35. The fourth-order valence-electron chi connectivity index (χ4n) is 2.89. The summed E-state index contributed by atoms with van der Waals surface area (Å²) in [6.45, 7) is 2.60. The van der Waals surface area contributed by atoms with Crippen molar-refractivity contribution in [2.45, 2.75) is 31.1 Å². The third-order valence-electron chi connectivity index (χ3n) is 4.39. The number of carbonyl (C=O) groups excluding carboxylic acids is 2. The Labute approximate surface area is 162 Å². The van der Waals surface area contributed by atoms with Gasteiger partial charge in [-0.2, -0.15) is 4.31 Å². The second-order valence-corrected chi connectivity index (χ2v) is 9.62. The third kappa shape index (κ3) is 4.63. The number of carbonyl (C=O) groups is 2. The molecule has 1 fully saturated rings. The summed E-state index contributed by atoms with van der Waals surface area (Å²) < 4.78 is 31.7. The number of thiophene rings is 1. The number of nitrogens with zero attached hydrogens (tertiary/aromatic N) is 1. The Bertz CT molecular complexity index is 925. The van der Waals surface area contributed by atoms with E-state index >= 15 is 0 Å². The molecule has 0 N–H and O–H groups in total. The maximum absolute atomic E-state index is 12.6. The Kier molecular flexibility index (Phi) is 6.08. The summed E-state index contributed by atoms with van der Waals surface area (Å²) in [4.78, 5) is 25.8. The Morgan fingerprint density at radius 2 is 1.70 bits per heavy atom. The lowest BCUT2D eigenvalue weighted by molar-refractivity contribution is 0.0475. The van der Waals surface area contributed by atoms with E-state index in [-0.39, 0.29) is 22.8 Å². The first-order chi connectivity index (χ1) is 12.9. The lowest BCUT2D eigenvalue weighted by atomic mass is 10.2. The zero-order valence-corrected chi connectivity index (χ0v) is 16.6. The van der Waals surface area contributed by atoms with Gasteiger partial charge in [0.15, 0.2) is 6.61 Å². The number of hydrogen-bond acceptors (Lipinski definition) is 6. The quantitative estimate of drug-likeness (QED) is 0.542. The van der Waals surface area contributed by atoms with E-state index in [9.17, 15) is 18.0 Å². The van der Waals surface area contributed by atoms with Crippen LogP contribution in [0.15, 0.2) is 41.3 Å². The smallest absolute Gasteiger partial charge is 0.338 e. The van der Waals surface area contributed by atoms with Crippen LogP contribution in [0, 0.1) is 6.92 Å². The van der Waals surface area contributed by atoms with Crippen LogP contribution in [0.5, 0.6) is 0 Å². The fourth-order valence-corrected chi connectivity index (χ4v) is 5.20. The van der Waals surface area contributed by atoms with Crippen LogP contribution >= 0.6 is 11.3 Å². The first kappa shape index (κ1) is 19.7. The highest BCUT2D eigenvalue weighted by molar-refractivity contribution is 7.89. The second kappa shape index (κ2) is 8.33. The van der Waals surface area contributed by atoms with Gasteiger partial charge in [0.1, 0.15) is 0 Å². The van der Waals surface area contributed by atoms with E-state index in [2.05, 4.69) is 0 Å². The predicted molar refractivity (Wildman–Crippen MR) is 103 cm³/mol. The van der Waals surface area contributed by atoms with Crippen LogP contribution in [0.1, 0.15) is 44.2 Å². The number of aryl methyl sites for hydroxylation is 1. The van der Waals surface area contributed by atoms with Crippen LogP contribution in [-0.4, -0.2) is 44.2 Å². The van der Waals surface area contributed by atoms with E-state index in [0.717, 1.165) is 24.1 Å². The average Bonchev–Trinajstić information content (AvgIpc) is 3.13. The largest absolute Gasteiger partial charge is 0.454 e. The molecule has 27 heavy (non-hydrogen) atoms. The van der Waals surface area contributed by atoms with Crippen LogP contribution in [0.3, 0.4) is 0 Å². The molecule has 2 aromatic rings. The molecule has 0 amide bonds. The molecule has 1 aliphatic rings. The van der Waals surface area contributed by atoms with Crippen molar-refractivity contribution in [3.05, 3.63) is 51.7 Å². The standard InChI is InChI=1S/C19H21NO5S2/c1-14-5-10-18(26-14)17(21)13-25-19(22)15-6-8-16(9-7-15)27(23,24)20-11-3-2-4-12-20/h5-10H,2-4,11-13H2,1H3. The molecule has 1 aromatic heterocycles. The van der Waals surface area contributed by atoms with Gasteiger partial charge in [-0.05, 0) is 56.2 Å². The first-order valence-electron chi connectivity index (χ1n) is 8.75. The first-order valence-corrected chi connectivity index (χ1v) is 11.0. The van der Waals surface area contributed by atoms with Crippen LogP contribution in [0.2, 0.25) is 0 Å². The zero-order valence-electron chi connectivity index (χ0n) is 15.0. The molecule has 0 radical (unpaired) electrons. The van der Waals surface area contributed by atoms with Gasteiger partial charge in [-0.25, -0.2) is 13.2 Å². The molecular weight excluding hydrogens is 386 g/mol. The summed E-state index contributed by atoms with van der Waals surface area (Å²) in [6, 6.07) is 9.19. The van der Waals surface area contributed by atoms with Crippen molar-refractivity contribution in [2.24, 2.45) is 0 Å². The summed E-state index contributed by atoms with van der Waals surface area (Å²) >= 11 is 1.35. The zero-order chi connectivity index (χ0) is 19.4. The summed E-state index contributed by atoms with van der Waals surface area (Å²) in [5, 5.41) is 0. The Hall–Kier alpha value is -2.03. The fraction of sp³-hybridized carbons (Fsp3) is 0.368. The van der Waals surface area contributed by atoms with Gasteiger partial charge in [0.25, 0.3) is 0 Å². The molecule has 2 heterocycles. The van der Waals surface area contributed by atoms with Crippen molar-refractivity contribution in [1.29, 1.82) is 0 Å². The minimum Gasteiger partial charge on any atom is -0.454 e. The van der Waals surface area contributed by atoms with Crippen LogP contribution < -0.4 is 0 Å². The Morgan fingerprint density at radius 1 is 1.04 bits per heavy atom. The summed E-state index contributed by atoms with van der Waals surface area (Å²) in [6.07, 6.45) is 2.77. The van der Waals surface area contributed by atoms with E-state index in [1.807, 2.05) is 13.0 Å². The summed E-state index contributed by atoms with van der Waals surface area (Å²) in [5.74, 6) is -0.913. The van der Waals surface area contributed by atoms with Crippen LogP contribution in [-0.2, 0) is 14.8 Å². The lowest BCUT2D eigenvalue weighted by Crippen LogP contribution is -2.35. The predicted octanol–water partition coefficient (Wildman–Crippen LogP) is 3.27. The highest BCUT2D eigenvalue weighted by Crippen LogP contribution is 2.21. The SMILES string of the molecule is Cc1ccc(C(=O)COC(=O)c2ccc(S(=O)(=O)N3CCCCC3)cc2)s1. The number of esters is 1. The van der Waals surface area contributed by atoms with Gasteiger partial charge in [0.05, 0.1) is 15.3 Å². The lowest BCUT2D eigenvalue weighted by Gasteiger charge is -2.25. The topological polar surface area (TPSA) is 80.8 Å². The second-order valence-electron chi connectivity index (χ2n) is 6.40. The van der Waals surface area contributed by atoms with Crippen LogP contribution in [0.25, 0.3) is 0 Å². The highest BCUT2D eigenvalue weighted by atomic mass is 32.2. The number of ketones is 1. The minimum absolute atomic E-state index is 0.158. The monoisotopic (exact) mass is 407 g/mol. The molecule has 0 atom stereocenters. The van der Waals surface area contributed by atoms with Crippen LogP contribution in [0.4, 0.5) is 0 Å². The molecule has 8 heteroatoms. The Balaban J connectivity index is 1.62. The van der Waals surface area contributed by atoms with Crippen molar-refractivity contribution in [3.63, 3.8) is 0 Å². The van der Waals surface area contributed by atoms with E-state index in [1.165, 1.54) is 39.9 Å². The van der Waals surface area contributed by atoms with Crippen molar-refractivity contribution < 1.29 is 22.7 Å². The number of piperidine rings is 1.